The van der Waals surface area contributed by atoms with Crippen LogP contribution in [0.15, 0.2) is 42.5 Å². The number of amides is 1. The highest BCUT2D eigenvalue weighted by Gasteiger charge is 2.27. The molecule has 0 aliphatic heterocycles. The molecule has 0 saturated carbocycles. The summed E-state index contributed by atoms with van der Waals surface area (Å²) in [5, 5.41) is 17.0. The van der Waals surface area contributed by atoms with Gasteiger partial charge < -0.3 is 14.8 Å². The monoisotopic (exact) mass is 395 g/mol. The molecule has 1 atom stereocenters. The first kappa shape index (κ1) is 20.3. The van der Waals surface area contributed by atoms with Crippen LogP contribution in [0.1, 0.15) is 42.6 Å². The van der Waals surface area contributed by atoms with Crippen LogP contribution in [0.3, 0.4) is 0 Å². The van der Waals surface area contributed by atoms with Crippen molar-refractivity contribution in [3.8, 4) is 11.5 Å². The molecule has 8 nitrogen and oxygen atoms in total. The number of aromatic nitrogens is 4. The van der Waals surface area contributed by atoms with Crippen LogP contribution in [0.25, 0.3) is 0 Å². The first-order chi connectivity index (χ1) is 14.0. The second kappa shape index (κ2) is 9.18. The summed E-state index contributed by atoms with van der Waals surface area (Å²) < 4.78 is 10.7. The number of aromatic amines is 1. The van der Waals surface area contributed by atoms with Gasteiger partial charge in [-0.1, -0.05) is 37.3 Å². The normalized spacial score (nSPS) is 11.9. The zero-order valence-electron chi connectivity index (χ0n) is 17.0. The van der Waals surface area contributed by atoms with Crippen molar-refractivity contribution in [1.82, 2.24) is 20.6 Å². The molecule has 0 radical (unpaired) electrons. The number of carbonyl (C=O) groups excluding carboxylic acids is 1. The van der Waals surface area contributed by atoms with E-state index in [1.807, 2.05) is 36.4 Å². The van der Waals surface area contributed by atoms with E-state index in [2.05, 4.69) is 39.8 Å². The minimum absolute atomic E-state index is 0.221. The molecule has 2 aromatic carbocycles. The topological polar surface area (TPSA) is 102 Å². The summed E-state index contributed by atoms with van der Waals surface area (Å²) in [5.41, 5.74) is 2.77. The maximum atomic E-state index is 13.1. The summed E-state index contributed by atoms with van der Waals surface area (Å²) in [6.45, 7) is 4.25. The number of rotatable bonds is 8. The van der Waals surface area contributed by atoms with Crippen molar-refractivity contribution in [2.75, 3.05) is 19.5 Å². The number of nitrogens with zero attached hydrogens (tertiary/aromatic N) is 3. The van der Waals surface area contributed by atoms with Crippen molar-refractivity contribution in [3.05, 3.63) is 59.4 Å². The number of H-pyrrole nitrogens is 1. The first-order valence-electron chi connectivity index (χ1n) is 9.37. The Labute approximate surface area is 169 Å². The van der Waals surface area contributed by atoms with Gasteiger partial charge in [0.1, 0.15) is 17.4 Å². The lowest BCUT2D eigenvalue weighted by Crippen LogP contribution is -2.24. The van der Waals surface area contributed by atoms with E-state index in [1.165, 1.54) is 5.56 Å². The van der Waals surface area contributed by atoms with Crippen molar-refractivity contribution in [1.29, 1.82) is 0 Å². The highest BCUT2D eigenvalue weighted by Crippen LogP contribution is 2.29. The van der Waals surface area contributed by atoms with Crippen LogP contribution in [0.5, 0.6) is 11.5 Å². The number of hydrogen-bond acceptors (Lipinski definition) is 6. The highest BCUT2D eigenvalue weighted by molar-refractivity contribution is 5.95. The summed E-state index contributed by atoms with van der Waals surface area (Å²) in [7, 11) is 3.17. The van der Waals surface area contributed by atoms with Crippen LogP contribution in [-0.4, -0.2) is 40.8 Å². The van der Waals surface area contributed by atoms with Gasteiger partial charge in [-0.3, -0.25) is 4.79 Å². The second-order valence-corrected chi connectivity index (χ2v) is 6.97. The molecule has 1 aromatic heterocycles. The van der Waals surface area contributed by atoms with Crippen LogP contribution in [-0.2, 0) is 11.2 Å². The molecule has 3 aromatic rings. The molecule has 0 bridgehead atoms. The number of carbonyl (C=O) groups is 1. The van der Waals surface area contributed by atoms with Gasteiger partial charge in [0.15, 0.2) is 5.82 Å². The predicted molar refractivity (Wildman–Crippen MR) is 109 cm³/mol. The Morgan fingerprint density at radius 1 is 1.10 bits per heavy atom. The molecule has 0 aliphatic rings. The van der Waals surface area contributed by atoms with Crippen molar-refractivity contribution >= 4 is 11.6 Å². The number of methoxy groups -OCH3 is 2. The fraction of sp³-hybridized carbons (Fsp3) is 0.333. The smallest absolute Gasteiger partial charge is 0.235 e. The van der Waals surface area contributed by atoms with E-state index in [0.717, 1.165) is 11.3 Å². The van der Waals surface area contributed by atoms with Gasteiger partial charge in [0.2, 0.25) is 5.91 Å². The Morgan fingerprint density at radius 3 is 2.45 bits per heavy atom. The van der Waals surface area contributed by atoms with Crippen LogP contribution < -0.4 is 14.8 Å². The Balaban J connectivity index is 1.83. The number of anilines is 1. The van der Waals surface area contributed by atoms with Crippen molar-refractivity contribution < 1.29 is 14.3 Å². The second-order valence-electron chi connectivity index (χ2n) is 6.97. The molecule has 1 amide bonds. The van der Waals surface area contributed by atoms with Gasteiger partial charge in [-0.05, 0) is 41.7 Å². The van der Waals surface area contributed by atoms with E-state index in [9.17, 15) is 4.79 Å². The molecular formula is C21H25N5O3. The lowest BCUT2D eigenvalue weighted by atomic mass is 9.96. The molecule has 0 spiro atoms. The summed E-state index contributed by atoms with van der Waals surface area (Å²) in [6.07, 6.45) is 0.350. The standard InChI is InChI=1S/C21H25N5O3/c1-13(2)14-5-8-16(9-6-14)22-21(27)18(20-23-25-26-24-20)11-15-7-10-17(28-3)12-19(15)29-4/h5-10,12-13,18H,11H2,1-4H3,(H,22,27)(H,23,24,25,26). The van der Waals surface area contributed by atoms with E-state index in [1.54, 1.807) is 20.3 Å². The number of ether oxygens (including phenoxy) is 2. The third kappa shape index (κ3) is 4.90. The van der Waals surface area contributed by atoms with E-state index in [-0.39, 0.29) is 5.91 Å². The lowest BCUT2D eigenvalue weighted by molar-refractivity contribution is -0.117. The number of nitrogens with one attached hydrogen (secondary N) is 2. The minimum atomic E-state index is -0.638. The van der Waals surface area contributed by atoms with Crippen molar-refractivity contribution in [2.45, 2.75) is 32.1 Å². The quantitative estimate of drug-likeness (QED) is 0.607. The van der Waals surface area contributed by atoms with E-state index in [0.29, 0.717) is 29.7 Å². The van der Waals surface area contributed by atoms with Crippen molar-refractivity contribution in [2.24, 2.45) is 0 Å². The molecule has 0 saturated heterocycles. The highest BCUT2D eigenvalue weighted by atomic mass is 16.5. The molecule has 0 aliphatic carbocycles. The third-order valence-electron chi connectivity index (χ3n) is 4.75. The predicted octanol–water partition coefficient (Wildman–Crippen LogP) is 3.31. The molecular weight excluding hydrogens is 370 g/mol. The van der Waals surface area contributed by atoms with Crippen LogP contribution in [0, 0.1) is 0 Å². The Kier molecular flexibility index (Phi) is 6.43. The average molecular weight is 395 g/mol. The molecule has 1 heterocycles. The van der Waals surface area contributed by atoms with Crippen LogP contribution in [0.2, 0.25) is 0 Å². The van der Waals surface area contributed by atoms with E-state index in [4.69, 9.17) is 9.47 Å². The zero-order chi connectivity index (χ0) is 20.8. The summed E-state index contributed by atoms with van der Waals surface area (Å²) in [4.78, 5) is 13.1. The maximum absolute atomic E-state index is 13.1. The van der Waals surface area contributed by atoms with Gasteiger partial charge in [-0.15, -0.1) is 10.2 Å². The Bertz CT molecular complexity index is 939. The van der Waals surface area contributed by atoms with E-state index >= 15 is 0 Å². The Hall–Kier alpha value is -3.42. The molecule has 0 fully saturated rings. The minimum Gasteiger partial charge on any atom is -0.497 e. The summed E-state index contributed by atoms with van der Waals surface area (Å²) in [6, 6.07) is 13.3. The largest absolute Gasteiger partial charge is 0.497 e. The van der Waals surface area contributed by atoms with Gasteiger partial charge in [-0.2, -0.15) is 5.21 Å². The zero-order valence-corrected chi connectivity index (χ0v) is 17.0. The average Bonchev–Trinajstić information content (AvgIpc) is 3.26. The number of tetrazole rings is 1. The first-order valence-corrected chi connectivity index (χ1v) is 9.37. The molecule has 29 heavy (non-hydrogen) atoms. The summed E-state index contributed by atoms with van der Waals surface area (Å²) in [5.74, 6) is 1.19. The van der Waals surface area contributed by atoms with Gasteiger partial charge >= 0.3 is 0 Å². The van der Waals surface area contributed by atoms with Gasteiger partial charge in [0.25, 0.3) is 0 Å². The molecule has 152 valence electrons. The molecule has 1 unspecified atom stereocenters. The maximum Gasteiger partial charge on any atom is 0.235 e. The molecule has 3 rings (SSSR count). The van der Waals surface area contributed by atoms with Gasteiger partial charge in [0.05, 0.1) is 14.2 Å². The fourth-order valence-corrected chi connectivity index (χ4v) is 3.04. The molecule has 8 heteroatoms. The van der Waals surface area contributed by atoms with Gasteiger partial charge in [-0.25, -0.2) is 0 Å². The van der Waals surface area contributed by atoms with Crippen molar-refractivity contribution in [3.63, 3.8) is 0 Å². The van der Waals surface area contributed by atoms with Gasteiger partial charge in [0, 0.05) is 11.8 Å². The van der Waals surface area contributed by atoms with Crippen LogP contribution in [0.4, 0.5) is 5.69 Å². The van der Waals surface area contributed by atoms with Crippen LogP contribution >= 0.6 is 0 Å². The lowest BCUT2D eigenvalue weighted by Gasteiger charge is -2.16. The third-order valence-corrected chi connectivity index (χ3v) is 4.75. The number of hydrogen-bond donors (Lipinski definition) is 2. The summed E-state index contributed by atoms with van der Waals surface area (Å²) >= 11 is 0. The Morgan fingerprint density at radius 2 is 1.86 bits per heavy atom. The number of benzene rings is 2. The SMILES string of the molecule is COc1ccc(CC(C(=O)Nc2ccc(C(C)C)cc2)c2nn[nH]n2)c(OC)c1. The molecule has 2 N–H and O–H groups in total. The van der Waals surface area contributed by atoms with E-state index < -0.39 is 5.92 Å². The fourth-order valence-electron chi connectivity index (χ4n) is 3.04.